The molecule has 0 saturated carbocycles. The molecular formula is C5H5N4O. The average molecular weight is 137 g/mol. The minimum Gasteiger partial charge on any atom is -0.347 e. The minimum absolute atomic E-state index is 0.101. The van der Waals surface area contributed by atoms with E-state index in [4.69, 9.17) is 0 Å². The molecule has 0 aromatic carbocycles. The Balaban J connectivity index is 2.50. The second-order valence-electron chi connectivity index (χ2n) is 1.46. The summed E-state index contributed by atoms with van der Waals surface area (Å²) in [5.74, 6) is 0.387. The molecule has 0 saturated heterocycles. The zero-order valence-electron chi connectivity index (χ0n) is 5.11. The van der Waals surface area contributed by atoms with E-state index in [1.54, 1.807) is 6.29 Å². The molecule has 1 aromatic heterocycles. The molecule has 0 bridgehead atoms. The van der Waals surface area contributed by atoms with Crippen LogP contribution >= 0.6 is 0 Å². The summed E-state index contributed by atoms with van der Waals surface area (Å²) in [5.41, 5.74) is 0. The van der Waals surface area contributed by atoms with E-state index < -0.39 is 0 Å². The van der Waals surface area contributed by atoms with E-state index in [9.17, 15) is 4.79 Å². The predicted molar refractivity (Wildman–Crippen MR) is 34.0 cm³/mol. The Morgan fingerprint density at radius 2 is 2.20 bits per heavy atom. The Bertz CT molecular complexity index is 200. The van der Waals surface area contributed by atoms with Crippen molar-refractivity contribution in [1.29, 1.82) is 0 Å². The van der Waals surface area contributed by atoms with Gasteiger partial charge in [-0.15, -0.1) is 0 Å². The van der Waals surface area contributed by atoms with Crippen molar-refractivity contribution in [3.63, 3.8) is 0 Å². The largest absolute Gasteiger partial charge is 0.347 e. The fourth-order valence-corrected chi connectivity index (χ4v) is 0.446. The van der Waals surface area contributed by atoms with E-state index >= 15 is 0 Å². The molecule has 51 valence electrons. The maximum absolute atomic E-state index is 9.72. The number of hydrogen-bond acceptors (Lipinski definition) is 5. The molecule has 10 heavy (non-hydrogen) atoms. The van der Waals surface area contributed by atoms with Crippen LogP contribution in [0.1, 0.15) is 0 Å². The third kappa shape index (κ3) is 1.77. The maximum atomic E-state index is 9.72. The normalized spacial score (nSPS) is 8.80. The standard InChI is InChI=1S/C5H5N4O/c10-2-1-7-5-8-3-6-4-9-5/h3-4H,1H2,(H,6,7,8,9). The number of hydrogen-bond donors (Lipinski definition) is 1. The molecule has 1 radical (unpaired) electrons. The van der Waals surface area contributed by atoms with Crippen LogP contribution in [0.3, 0.4) is 0 Å². The van der Waals surface area contributed by atoms with E-state index in [-0.39, 0.29) is 6.54 Å². The maximum Gasteiger partial charge on any atom is 0.226 e. The first-order valence-corrected chi connectivity index (χ1v) is 2.64. The van der Waals surface area contributed by atoms with Crippen LogP contribution in [0.15, 0.2) is 12.7 Å². The summed E-state index contributed by atoms with van der Waals surface area (Å²) in [6, 6.07) is 0. The van der Waals surface area contributed by atoms with Gasteiger partial charge in [0.1, 0.15) is 12.7 Å². The first kappa shape index (κ1) is 6.60. The van der Waals surface area contributed by atoms with Crippen molar-refractivity contribution in [3.8, 4) is 0 Å². The molecule has 0 aliphatic heterocycles. The number of nitrogens with zero attached hydrogens (tertiary/aromatic N) is 3. The molecule has 0 fully saturated rings. The summed E-state index contributed by atoms with van der Waals surface area (Å²) in [6.07, 6.45) is 4.35. The lowest BCUT2D eigenvalue weighted by Crippen LogP contribution is -2.05. The van der Waals surface area contributed by atoms with Crippen LogP contribution in [0.25, 0.3) is 0 Å². The van der Waals surface area contributed by atoms with Crippen molar-refractivity contribution in [2.24, 2.45) is 0 Å². The van der Waals surface area contributed by atoms with Crippen LogP contribution in [-0.4, -0.2) is 27.8 Å². The SMILES string of the molecule is O=[C]CNc1ncncn1. The summed E-state index contributed by atoms with van der Waals surface area (Å²) in [4.78, 5) is 20.7. The molecule has 1 rings (SSSR count). The molecule has 5 heteroatoms. The van der Waals surface area contributed by atoms with Crippen LogP contribution in [-0.2, 0) is 4.79 Å². The van der Waals surface area contributed by atoms with Crippen molar-refractivity contribution in [2.75, 3.05) is 11.9 Å². The molecular weight excluding hydrogens is 132 g/mol. The van der Waals surface area contributed by atoms with Crippen LogP contribution in [0.4, 0.5) is 5.95 Å². The van der Waals surface area contributed by atoms with Gasteiger partial charge in [0.25, 0.3) is 0 Å². The molecule has 5 nitrogen and oxygen atoms in total. The minimum atomic E-state index is 0.101. The molecule has 1 aromatic rings. The van der Waals surface area contributed by atoms with Gasteiger partial charge < -0.3 is 5.32 Å². The van der Waals surface area contributed by atoms with Gasteiger partial charge in [0.2, 0.25) is 12.2 Å². The Labute approximate surface area is 57.5 Å². The van der Waals surface area contributed by atoms with Gasteiger partial charge >= 0.3 is 0 Å². The van der Waals surface area contributed by atoms with Crippen molar-refractivity contribution in [1.82, 2.24) is 15.0 Å². The second kappa shape index (κ2) is 3.49. The van der Waals surface area contributed by atoms with Gasteiger partial charge in [-0.25, -0.2) is 15.0 Å². The summed E-state index contributed by atoms with van der Waals surface area (Å²) in [7, 11) is 0. The van der Waals surface area contributed by atoms with E-state index in [1.807, 2.05) is 0 Å². The summed E-state index contributed by atoms with van der Waals surface area (Å²) in [5, 5.41) is 2.61. The molecule has 0 aliphatic carbocycles. The number of carbonyl (C=O) groups excluding carboxylic acids is 1. The topological polar surface area (TPSA) is 67.8 Å². The highest BCUT2D eigenvalue weighted by Crippen LogP contribution is 1.88. The van der Waals surface area contributed by atoms with Gasteiger partial charge in [-0.3, -0.25) is 4.79 Å². The monoisotopic (exact) mass is 137 g/mol. The first-order valence-electron chi connectivity index (χ1n) is 2.64. The number of anilines is 1. The number of nitrogens with one attached hydrogen (secondary N) is 1. The molecule has 0 unspecified atom stereocenters. The van der Waals surface area contributed by atoms with Crippen LogP contribution in [0.5, 0.6) is 0 Å². The Morgan fingerprint density at radius 1 is 1.50 bits per heavy atom. The van der Waals surface area contributed by atoms with Gasteiger partial charge in [0.15, 0.2) is 0 Å². The summed E-state index contributed by atoms with van der Waals surface area (Å²) >= 11 is 0. The lowest BCUT2D eigenvalue weighted by Gasteiger charge is -1.94. The zero-order chi connectivity index (χ0) is 7.23. The van der Waals surface area contributed by atoms with E-state index in [0.29, 0.717) is 5.95 Å². The number of aromatic nitrogens is 3. The van der Waals surface area contributed by atoms with Crippen molar-refractivity contribution < 1.29 is 4.79 Å². The molecule has 0 aliphatic rings. The third-order valence-electron chi connectivity index (χ3n) is 0.812. The van der Waals surface area contributed by atoms with Crippen LogP contribution < -0.4 is 5.32 Å². The Morgan fingerprint density at radius 3 is 2.80 bits per heavy atom. The van der Waals surface area contributed by atoms with Gasteiger partial charge in [0, 0.05) is 0 Å². The van der Waals surface area contributed by atoms with Gasteiger partial charge in [-0.2, -0.15) is 0 Å². The average Bonchev–Trinajstić information content (AvgIpc) is 2.03. The quantitative estimate of drug-likeness (QED) is 0.602. The van der Waals surface area contributed by atoms with Gasteiger partial charge in [0.05, 0.1) is 6.54 Å². The summed E-state index contributed by atoms with van der Waals surface area (Å²) < 4.78 is 0. The fourth-order valence-electron chi connectivity index (χ4n) is 0.446. The number of rotatable bonds is 3. The molecule has 0 atom stereocenters. The molecule has 0 spiro atoms. The highest BCUT2D eigenvalue weighted by molar-refractivity contribution is 5.57. The first-order chi connectivity index (χ1) is 4.93. The molecule has 1 N–H and O–H groups in total. The predicted octanol–water partition coefficient (Wildman–Crippen LogP) is -0.607. The highest BCUT2D eigenvalue weighted by Gasteiger charge is 1.89. The Hall–Kier alpha value is -1.52. The second-order valence-corrected chi connectivity index (χ2v) is 1.46. The van der Waals surface area contributed by atoms with E-state index in [0.717, 1.165) is 0 Å². The zero-order valence-corrected chi connectivity index (χ0v) is 5.11. The van der Waals surface area contributed by atoms with Gasteiger partial charge in [-0.05, 0) is 0 Å². The fraction of sp³-hybridized carbons (Fsp3) is 0.200. The smallest absolute Gasteiger partial charge is 0.226 e. The highest BCUT2D eigenvalue weighted by atomic mass is 16.1. The lowest BCUT2D eigenvalue weighted by atomic mass is 10.7. The van der Waals surface area contributed by atoms with E-state index in [2.05, 4.69) is 20.3 Å². The van der Waals surface area contributed by atoms with Crippen LogP contribution in [0.2, 0.25) is 0 Å². The van der Waals surface area contributed by atoms with Crippen molar-refractivity contribution in [3.05, 3.63) is 12.7 Å². The van der Waals surface area contributed by atoms with Crippen LogP contribution in [0, 0.1) is 0 Å². The van der Waals surface area contributed by atoms with Crippen molar-refractivity contribution in [2.45, 2.75) is 0 Å². The lowest BCUT2D eigenvalue weighted by molar-refractivity contribution is 0.557. The van der Waals surface area contributed by atoms with Crippen molar-refractivity contribution >= 4 is 12.2 Å². The van der Waals surface area contributed by atoms with Gasteiger partial charge in [-0.1, -0.05) is 0 Å². The van der Waals surface area contributed by atoms with E-state index in [1.165, 1.54) is 12.7 Å². The Kier molecular flexibility index (Phi) is 2.31. The molecule has 1 heterocycles. The summed E-state index contributed by atoms with van der Waals surface area (Å²) in [6.45, 7) is 0.101. The molecule has 0 amide bonds. The third-order valence-corrected chi connectivity index (χ3v) is 0.812.